The summed E-state index contributed by atoms with van der Waals surface area (Å²) >= 11 is 0. The molecule has 0 aliphatic heterocycles. The molecular weight excluding hydrogens is 168 g/mol. The zero-order chi connectivity index (χ0) is 9.84. The summed E-state index contributed by atoms with van der Waals surface area (Å²) in [4.78, 5) is 14.5. The largest absolute Gasteiger partial charge is 0.478 e. The second-order valence-electron chi connectivity index (χ2n) is 2.79. The summed E-state index contributed by atoms with van der Waals surface area (Å²) in [6.45, 7) is 1.96. The Balaban J connectivity index is 2.87. The number of aromatic nitrogens is 1. The Morgan fingerprint density at radius 1 is 1.62 bits per heavy atom. The van der Waals surface area contributed by atoms with E-state index in [2.05, 4.69) is 10.3 Å². The maximum Gasteiger partial charge on any atom is 0.337 e. The monoisotopic (exact) mass is 180 g/mol. The van der Waals surface area contributed by atoms with Gasteiger partial charge in [-0.3, -0.25) is 4.98 Å². The van der Waals surface area contributed by atoms with E-state index in [1.807, 2.05) is 14.0 Å². The number of pyridine rings is 1. The Morgan fingerprint density at radius 2 is 2.31 bits per heavy atom. The van der Waals surface area contributed by atoms with Crippen molar-refractivity contribution >= 4 is 5.97 Å². The fourth-order valence-electron chi connectivity index (χ4n) is 0.936. The highest BCUT2D eigenvalue weighted by Gasteiger charge is 2.06. The third-order valence-corrected chi connectivity index (χ3v) is 1.91. The van der Waals surface area contributed by atoms with Gasteiger partial charge < -0.3 is 10.4 Å². The highest BCUT2D eigenvalue weighted by Crippen LogP contribution is 2.08. The molecule has 4 heteroatoms. The van der Waals surface area contributed by atoms with Crippen molar-refractivity contribution in [2.75, 3.05) is 7.05 Å². The van der Waals surface area contributed by atoms with Crippen molar-refractivity contribution in [1.29, 1.82) is 0 Å². The molecule has 0 aliphatic carbocycles. The van der Waals surface area contributed by atoms with Crippen molar-refractivity contribution in [2.45, 2.75) is 13.0 Å². The molecule has 1 aromatic heterocycles. The fraction of sp³-hybridized carbons (Fsp3) is 0.333. The minimum atomic E-state index is -0.948. The van der Waals surface area contributed by atoms with Gasteiger partial charge in [-0.15, -0.1) is 0 Å². The molecule has 4 nitrogen and oxygen atoms in total. The molecule has 0 saturated heterocycles. The van der Waals surface area contributed by atoms with Crippen LogP contribution in [0.4, 0.5) is 0 Å². The Morgan fingerprint density at radius 3 is 2.69 bits per heavy atom. The Bertz CT molecular complexity index is 295. The van der Waals surface area contributed by atoms with Gasteiger partial charge in [0.15, 0.2) is 0 Å². The van der Waals surface area contributed by atoms with Gasteiger partial charge in [0, 0.05) is 12.2 Å². The van der Waals surface area contributed by atoms with E-state index < -0.39 is 5.97 Å². The first-order chi connectivity index (χ1) is 6.15. The minimum absolute atomic E-state index is 0.142. The molecular formula is C9H12N2O2. The van der Waals surface area contributed by atoms with Crippen LogP contribution in [-0.2, 0) is 0 Å². The molecule has 1 aromatic rings. The highest BCUT2D eigenvalue weighted by molar-refractivity contribution is 5.87. The molecule has 70 valence electrons. The number of hydrogen-bond donors (Lipinski definition) is 2. The van der Waals surface area contributed by atoms with Crippen molar-refractivity contribution in [3.8, 4) is 0 Å². The number of carboxylic acids is 1. The van der Waals surface area contributed by atoms with Crippen LogP contribution in [0, 0.1) is 0 Å². The number of rotatable bonds is 3. The maximum atomic E-state index is 10.5. The molecule has 1 atom stereocenters. The lowest BCUT2D eigenvalue weighted by molar-refractivity contribution is 0.0696. The zero-order valence-electron chi connectivity index (χ0n) is 7.61. The van der Waals surface area contributed by atoms with Crippen LogP contribution in [0.15, 0.2) is 18.3 Å². The fourth-order valence-corrected chi connectivity index (χ4v) is 0.936. The van der Waals surface area contributed by atoms with E-state index in [0.29, 0.717) is 0 Å². The van der Waals surface area contributed by atoms with Crippen molar-refractivity contribution < 1.29 is 9.90 Å². The van der Waals surface area contributed by atoms with Gasteiger partial charge in [-0.2, -0.15) is 0 Å². The summed E-state index contributed by atoms with van der Waals surface area (Å²) in [5, 5.41) is 11.6. The molecule has 2 N–H and O–H groups in total. The van der Waals surface area contributed by atoms with Crippen LogP contribution < -0.4 is 5.32 Å². The third-order valence-electron chi connectivity index (χ3n) is 1.91. The quantitative estimate of drug-likeness (QED) is 0.730. The smallest absolute Gasteiger partial charge is 0.337 e. The first-order valence-electron chi connectivity index (χ1n) is 4.01. The molecule has 0 aliphatic rings. The van der Waals surface area contributed by atoms with Crippen LogP contribution in [-0.4, -0.2) is 23.1 Å². The van der Waals surface area contributed by atoms with Gasteiger partial charge in [-0.05, 0) is 26.1 Å². The number of nitrogens with zero attached hydrogens (tertiary/aromatic N) is 1. The van der Waals surface area contributed by atoms with Crippen LogP contribution in [0.2, 0.25) is 0 Å². The Kier molecular flexibility index (Phi) is 2.97. The molecule has 13 heavy (non-hydrogen) atoms. The molecule has 0 radical (unpaired) electrons. The summed E-state index contributed by atoms with van der Waals surface area (Å²) in [5.41, 5.74) is 1.06. The van der Waals surface area contributed by atoms with Gasteiger partial charge in [-0.25, -0.2) is 4.79 Å². The molecule has 1 rings (SSSR count). The lowest BCUT2D eigenvalue weighted by Crippen LogP contribution is -2.14. The summed E-state index contributed by atoms with van der Waals surface area (Å²) < 4.78 is 0. The first kappa shape index (κ1) is 9.67. The lowest BCUT2D eigenvalue weighted by atomic mass is 10.2. The van der Waals surface area contributed by atoms with Crippen LogP contribution in [0.5, 0.6) is 0 Å². The molecule has 1 unspecified atom stereocenters. The van der Waals surface area contributed by atoms with E-state index in [-0.39, 0.29) is 11.6 Å². The highest BCUT2D eigenvalue weighted by atomic mass is 16.4. The van der Waals surface area contributed by atoms with E-state index >= 15 is 0 Å². The second kappa shape index (κ2) is 4.00. The SMILES string of the molecule is CNC(C)c1ccc(C(=O)O)cn1. The topological polar surface area (TPSA) is 62.2 Å². The normalized spacial score (nSPS) is 12.5. The standard InChI is InChI=1S/C9H12N2O2/c1-6(10-2)8-4-3-7(5-11-8)9(12)13/h3-6,10H,1-2H3,(H,12,13). The molecule has 0 fully saturated rings. The molecule has 0 spiro atoms. The van der Waals surface area contributed by atoms with E-state index in [1.54, 1.807) is 12.1 Å². The number of hydrogen-bond acceptors (Lipinski definition) is 3. The summed E-state index contributed by atoms with van der Waals surface area (Å²) in [5.74, 6) is -0.948. The Hall–Kier alpha value is -1.42. The van der Waals surface area contributed by atoms with Gasteiger partial charge in [-0.1, -0.05) is 0 Å². The van der Waals surface area contributed by atoms with Crippen LogP contribution >= 0.6 is 0 Å². The summed E-state index contributed by atoms with van der Waals surface area (Å²) in [6, 6.07) is 3.41. The average molecular weight is 180 g/mol. The summed E-state index contributed by atoms with van der Waals surface area (Å²) in [7, 11) is 1.83. The van der Waals surface area contributed by atoms with E-state index in [1.165, 1.54) is 6.20 Å². The molecule has 0 aromatic carbocycles. The minimum Gasteiger partial charge on any atom is -0.478 e. The van der Waals surface area contributed by atoms with Gasteiger partial charge in [0.2, 0.25) is 0 Å². The summed E-state index contributed by atoms with van der Waals surface area (Å²) in [6.07, 6.45) is 1.37. The first-order valence-corrected chi connectivity index (χ1v) is 4.01. The van der Waals surface area contributed by atoms with E-state index in [4.69, 9.17) is 5.11 Å². The number of carboxylic acid groups (broad SMARTS) is 1. The van der Waals surface area contributed by atoms with Crippen molar-refractivity contribution in [2.24, 2.45) is 0 Å². The zero-order valence-corrected chi connectivity index (χ0v) is 7.61. The molecule has 0 amide bonds. The van der Waals surface area contributed by atoms with Crippen LogP contribution in [0.25, 0.3) is 0 Å². The van der Waals surface area contributed by atoms with Crippen molar-refractivity contribution in [3.63, 3.8) is 0 Å². The predicted molar refractivity (Wildman–Crippen MR) is 48.7 cm³/mol. The van der Waals surface area contributed by atoms with Gasteiger partial charge >= 0.3 is 5.97 Å². The maximum absolute atomic E-state index is 10.5. The second-order valence-corrected chi connectivity index (χ2v) is 2.79. The van der Waals surface area contributed by atoms with Gasteiger partial charge in [0.25, 0.3) is 0 Å². The molecule has 0 saturated carbocycles. The third kappa shape index (κ3) is 2.26. The van der Waals surface area contributed by atoms with Gasteiger partial charge in [0.05, 0.1) is 11.3 Å². The van der Waals surface area contributed by atoms with E-state index in [9.17, 15) is 4.79 Å². The van der Waals surface area contributed by atoms with Crippen LogP contribution in [0.3, 0.4) is 0 Å². The number of nitrogens with one attached hydrogen (secondary N) is 1. The number of aromatic carboxylic acids is 1. The number of carbonyl (C=O) groups is 1. The average Bonchev–Trinajstić information content (AvgIpc) is 2.17. The lowest BCUT2D eigenvalue weighted by Gasteiger charge is -2.08. The van der Waals surface area contributed by atoms with E-state index in [0.717, 1.165) is 5.69 Å². The predicted octanol–water partition coefficient (Wildman–Crippen LogP) is 1.06. The van der Waals surface area contributed by atoms with Crippen LogP contribution in [0.1, 0.15) is 29.0 Å². The van der Waals surface area contributed by atoms with Crippen molar-refractivity contribution in [3.05, 3.63) is 29.6 Å². The molecule has 1 heterocycles. The Labute approximate surface area is 76.6 Å². The van der Waals surface area contributed by atoms with Crippen molar-refractivity contribution in [1.82, 2.24) is 10.3 Å². The van der Waals surface area contributed by atoms with Gasteiger partial charge in [0.1, 0.15) is 0 Å². The molecule has 0 bridgehead atoms.